The first-order valence-corrected chi connectivity index (χ1v) is 6.28. The Hall–Kier alpha value is -2.83. The number of cyclic esters (lactones) is 1. The molecule has 7 heteroatoms. The fraction of sp³-hybridized carbons (Fsp3) is 0.214. The minimum atomic E-state index is -1.16. The zero-order chi connectivity index (χ0) is 15.0. The molecule has 7 nitrogen and oxygen atoms in total. The zero-order valence-electron chi connectivity index (χ0n) is 11.2. The van der Waals surface area contributed by atoms with Gasteiger partial charge in [-0.2, -0.15) is 5.10 Å². The first kappa shape index (κ1) is 13.2. The second-order valence-corrected chi connectivity index (χ2v) is 4.48. The van der Waals surface area contributed by atoms with E-state index in [0.717, 1.165) is 0 Å². The Morgan fingerprint density at radius 2 is 2.10 bits per heavy atom. The number of aromatic carboxylic acids is 1. The lowest BCUT2D eigenvalue weighted by Gasteiger charge is -2.14. The predicted molar refractivity (Wildman–Crippen MR) is 71.1 cm³/mol. The van der Waals surface area contributed by atoms with Crippen molar-refractivity contribution >= 4 is 11.9 Å². The topological polar surface area (TPSA) is 90.7 Å². The van der Waals surface area contributed by atoms with Crippen LogP contribution in [0.15, 0.2) is 24.3 Å². The third-order valence-electron chi connectivity index (χ3n) is 3.28. The Labute approximate surface area is 119 Å². The number of hydrogen-bond acceptors (Lipinski definition) is 5. The number of methoxy groups -OCH3 is 1. The summed E-state index contributed by atoms with van der Waals surface area (Å²) in [5, 5.41) is 13.3. The van der Waals surface area contributed by atoms with Gasteiger partial charge in [0.05, 0.1) is 19.4 Å². The summed E-state index contributed by atoms with van der Waals surface area (Å²) in [6.45, 7) is 0.167. The Balaban J connectivity index is 2.17. The highest BCUT2D eigenvalue weighted by Gasteiger charge is 2.31. The van der Waals surface area contributed by atoms with E-state index in [9.17, 15) is 14.7 Å². The van der Waals surface area contributed by atoms with Gasteiger partial charge in [0.2, 0.25) is 0 Å². The molecule has 0 saturated carbocycles. The summed E-state index contributed by atoms with van der Waals surface area (Å²) in [6, 6.07) is 6.80. The first-order valence-electron chi connectivity index (χ1n) is 6.28. The van der Waals surface area contributed by atoms with E-state index in [4.69, 9.17) is 9.47 Å². The largest absolute Gasteiger partial charge is 0.497 e. The number of carbonyl (C=O) groups is 2. The van der Waals surface area contributed by atoms with Crippen LogP contribution < -0.4 is 4.74 Å². The molecule has 2 heterocycles. The normalized spacial score (nSPS) is 13.5. The van der Waals surface area contributed by atoms with Crippen LogP contribution in [0.4, 0.5) is 0 Å². The molecule has 0 fully saturated rings. The maximum absolute atomic E-state index is 11.9. The van der Waals surface area contributed by atoms with Gasteiger partial charge in [-0.1, -0.05) is 0 Å². The summed E-state index contributed by atoms with van der Waals surface area (Å²) in [4.78, 5) is 23.2. The third-order valence-corrected chi connectivity index (χ3v) is 3.28. The van der Waals surface area contributed by atoms with Crippen molar-refractivity contribution in [2.24, 2.45) is 0 Å². The van der Waals surface area contributed by atoms with E-state index in [2.05, 4.69) is 5.10 Å². The fourth-order valence-corrected chi connectivity index (χ4v) is 2.29. The molecular formula is C14H12N2O5. The van der Waals surface area contributed by atoms with Crippen molar-refractivity contribution in [2.45, 2.75) is 6.42 Å². The fourth-order valence-electron chi connectivity index (χ4n) is 2.29. The number of carboxylic acids is 1. The number of benzene rings is 1. The average molecular weight is 288 g/mol. The number of aromatic nitrogens is 2. The highest BCUT2D eigenvalue weighted by Crippen LogP contribution is 2.25. The lowest BCUT2D eigenvalue weighted by atomic mass is 10.1. The lowest BCUT2D eigenvalue weighted by molar-refractivity contribution is 0.0469. The Kier molecular flexibility index (Phi) is 3.09. The summed E-state index contributed by atoms with van der Waals surface area (Å²) >= 11 is 0. The van der Waals surface area contributed by atoms with Crippen LogP contribution >= 0.6 is 0 Å². The number of carboxylic acid groups (broad SMARTS) is 1. The van der Waals surface area contributed by atoms with E-state index in [1.165, 1.54) is 4.68 Å². The number of hydrogen-bond donors (Lipinski definition) is 1. The van der Waals surface area contributed by atoms with Gasteiger partial charge in [-0.25, -0.2) is 14.3 Å². The average Bonchev–Trinajstić information content (AvgIpc) is 2.88. The number of ether oxygens (including phenoxy) is 2. The summed E-state index contributed by atoms with van der Waals surface area (Å²) in [5.41, 5.74) is 1.04. The molecule has 1 aromatic heterocycles. The smallest absolute Gasteiger partial charge is 0.357 e. The van der Waals surface area contributed by atoms with Crippen molar-refractivity contribution in [3.05, 3.63) is 41.2 Å². The molecule has 0 atom stereocenters. The van der Waals surface area contributed by atoms with Crippen molar-refractivity contribution in [3.63, 3.8) is 0 Å². The van der Waals surface area contributed by atoms with Crippen LogP contribution in [0.3, 0.4) is 0 Å². The molecule has 108 valence electrons. The van der Waals surface area contributed by atoms with Gasteiger partial charge >= 0.3 is 11.9 Å². The Bertz CT molecular complexity index is 718. The standard InChI is InChI=1S/C14H12N2O5/c1-20-9-4-2-8(3-5-9)16-12-10(6-7-21-14(12)19)11(15-16)13(17)18/h2-5H,6-7H2,1H3,(H,17,18). The molecule has 1 N–H and O–H groups in total. The molecule has 1 aromatic carbocycles. The minimum absolute atomic E-state index is 0.113. The summed E-state index contributed by atoms with van der Waals surface area (Å²) in [5.74, 6) is -1.07. The quantitative estimate of drug-likeness (QED) is 0.856. The molecule has 1 aliphatic heterocycles. The van der Waals surface area contributed by atoms with Gasteiger partial charge in [-0.3, -0.25) is 0 Å². The third kappa shape index (κ3) is 2.12. The molecule has 1 aliphatic rings. The van der Waals surface area contributed by atoms with Gasteiger partial charge in [0.15, 0.2) is 11.4 Å². The second-order valence-electron chi connectivity index (χ2n) is 4.48. The van der Waals surface area contributed by atoms with Crippen molar-refractivity contribution in [2.75, 3.05) is 13.7 Å². The van der Waals surface area contributed by atoms with E-state index < -0.39 is 11.9 Å². The molecule has 0 radical (unpaired) electrons. The minimum Gasteiger partial charge on any atom is -0.497 e. The first-order chi connectivity index (χ1) is 10.1. The highest BCUT2D eigenvalue weighted by atomic mass is 16.5. The zero-order valence-corrected chi connectivity index (χ0v) is 11.2. The monoisotopic (exact) mass is 288 g/mol. The molecule has 0 amide bonds. The Morgan fingerprint density at radius 1 is 1.38 bits per heavy atom. The summed E-state index contributed by atoms with van der Waals surface area (Å²) in [6.07, 6.45) is 0.346. The van der Waals surface area contributed by atoms with Crippen molar-refractivity contribution < 1.29 is 24.2 Å². The molecule has 3 rings (SSSR count). The maximum atomic E-state index is 11.9. The Morgan fingerprint density at radius 3 is 2.71 bits per heavy atom. The molecule has 0 spiro atoms. The van der Waals surface area contributed by atoms with Gasteiger partial charge in [0, 0.05) is 12.0 Å². The van der Waals surface area contributed by atoms with Crippen molar-refractivity contribution in [3.8, 4) is 11.4 Å². The molecule has 0 unspecified atom stereocenters. The summed E-state index contributed by atoms with van der Waals surface area (Å²) < 4.78 is 11.4. The second kappa shape index (κ2) is 4.93. The number of fused-ring (bicyclic) bond motifs is 1. The van der Waals surface area contributed by atoms with E-state index in [1.807, 2.05) is 0 Å². The molecule has 0 saturated heterocycles. The van der Waals surface area contributed by atoms with Crippen LogP contribution in [-0.4, -0.2) is 40.5 Å². The highest BCUT2D eigenvalue weighted by molar-refractivity contribution is 5.96. The van der Waals surface area contributed by atoms with Crippen LogP contribution in [0.1, 0.15) is 26.5 Å². The summed E-state index contributed by atoms with van der Waals surface area (Å²) in [7, 11) is 1.55. The maximum Gasteiger partial charge on any atom is 0.357 e. The van der Waals surface area contributed by atoms with Crippen LogP contribution in [0.25, 0.3) is 5.69 Å². The van der Waals surface area contributed by atoms with E-state index in [0.29, 0.717) is 23.4 Å². The molecule has 21 heavy (non-hydrogen) atoms. The van der Waals surface area contributed by atoms with Gasteiger partial charge < -0.3 is 14.6 Å². The van der Waals surface area contributed by atoms with Crippen molar-refractivity contribution in [1.29, 1.82) is 0 Å². The number of carbonyl (C=O) groups excluding carboxylic acids is 1. The number of nitrogens with zero attached hydrogens (tertiary/aromatic N) is 2. The number of esters is 1. The van der Waals surface area contributed by atoms with Gasteiger partial charge in [0.1, 0.15) is 5.75 Å². The van der Waals surface area contributed by atoms with Crippen LogP contribution in [0, 0.1) is 0 Å². The van der Waals surface area contributed by atoms with Gasteiger partial charge in [-0.15, -0.1) is 0 Å². The van der Waals surface area contributed by atoms with Gasteiger partial charge in [-0.05, 0) is 24.3 Å². The lowest BCUT2D eigenvalue weighted by Crippen LogP contribution is -2.20. The van der Waals surface area contributed by atoms with Gasteiger partial charge in [0.25, 0.3) is 0 Å². The molecule has 2 aromatic rings. The van der Waals surface area contributed by atoms with E-state index >= 15 is 0 Å². The molecular weight excluding hydrogens is 276 g/mol. The van der Waals surface area contributed by atoms with E-state index in [1.54, 1.807) is 31.4 Å². The molecule has 0 aliphatic carbocycles. The molecule has 0 bridgehead atoms. The van der Waals surface area contributed by atoms with Crippen molar-refractivity contribution in [1.82, 2.24) is 9.78 Å². The SMILES string of the molecule is COc1ccc(-n2nc(C(=O)O)c3c2C(=O)OCC3)cc1. The predicted octanol–water partition coefficient (Wildman–Crippen LogP) is 1.29. The number of rotatable bonds is 3. The van der Waals surface area contributed by atoms with E-state index in [-0.39, 0.29) is 18.0 Å². The van der Waals surface area contributed by atoms with Crippen LogP contribution in [-0.2, 0) is 11.2 Å². The van der Waals surface area contributed by atoms with Crippen LogP contribution in [0.5, 0.6) is 5.75 Å². The van der Waals surface area contributed by atoms with Crippen LogP contribution in [0.2, 0.25) is 0 Å².